The van der Waals surface area contributed by atoms with E-state index in [2.05, 4.69) is 16.8 Å². The zero-order valence-corrected chi connectivity index (χ0v) is 13.3. The van der Waals surface area contributed by atoms with Gasteiger partial charge in [-0.25, -0.2) is 4.79 Å². The van der Waals surface area contributed by atoms with Crippen molar-refractivity contribution in [3.8, 4) is 0 Å². The molecule has 0 aliphatic carbocycles. The molecular formula is C15H20N2O4S. The first-order chi connectivity index (χ1) is 10.5. The van der Waals surface area contributed by atoms with Crippen LogP contribution in [0, 0.1) is 5.92 Å². The number of carbonyl (C=O) groups excluding carboxylic acids is 1. The van der Waals surface area contributed by atoms with E-state index in [1.807, 2.05) is 6.92 Å². The summed E-state index contributed by atoms with van der Waals surface area (Å²) in [4.78, 5) is 26.1. The van der Waals surface area contributed by atoms with Crippen LogP contribution in [-0.2, 0) is 21.6 Å². The molecule has 120 valence electrons. The lowest BCUT2D eigenvalue weighted by Crippen LogP contribution is -2.47. The molecule has 7 heteroatoms. The number of likely N-dealkylation sites (tertiary alicyclic amines) is 1. The topological polar surface area (TPSA) is 78.9 Å². The molecule has 3 heterocycles. The molecule has 3 rings (SSSR count). The van der Waals surface area contributed by atoms with Crippen molar-refractivity contribution in [1.82, 2.24) is 10.2 Å². The van der Waals surface area contributed by atoms with Gasteiger partial charge in [0.25, 0.3) is 0 Å². The SMILES string of the molecule is CC1(CNC(=O)N2CCC(C(=O)O)C2)OCCc2sccc21. The van der Waals surface area contributed by atoms with E-state index in [1.165, 1.54) is 4.88 Å². The maximum Gasteiger partial charge on any atom is 0.317 e. The van der Waals surface area contributed by atoms with Gasteiger partial charge in [-0.3, -0.25) is 4.79 Å². The van der Waals surface area contributed by atoms with Crippen LogP contribution in [0.25, 0.3) is 0 Å². The highest BCUT2D eigenvalue weighted by atomic mass is 32.1. The highest BCUT2D eigenvalue weighted by Gasteiger charge is 2.36. The van der Waals surface area contributed by atoms with Crippen molar-refractivity contribution >= 4 is 23.3 Å². The number of carbonyl (C=O) groups is 2. The summed E-state index contributed by atoms with van der Waals surface area (Å²) in [7, 11) is 0. The second kappa shape index (κ2) is 5.89. The van der Waals surface area contributed by atoms with Crippen molar-refractivity contribution in [2.75, 3.05) is 26.2 Å². The van der Waals surface area contributed by atoms with Crippen molar-refractivity contribution in [2.24, 2.45) is 5.92 Å². The molecule has 0 saturated carbocycles. The van der Waals surface area contributed by atoms with E-state index >= 15 is 0 Å². The van der Waals surface area contributed by atoms with E-state index in [1.54, 1.807) is 16.2 Å². The van der Waals surface area contributed by atoms with Crippen molar-refractivity contribution in [3.05, 3.63) is 21.9 Å². The zero-order valence-electron chi connectivity index (χ0n) is 12.5. The van der Waals surface area contributed by atoms with Gasteiger partial charge in [-0.15, -0.1) is 11.3 Å². The molecule has 1 saturated heterocycles. The first-order valence-electron chi connectivity index (χ1n) is 7.46. The summed E-state index contributed by atoms with van der Waals surface area (Å²) >= 11 is 1.72. The number of ether oxygens (including phenoxy) is 1. The molecule has 6 nitrogen and oxygen atoms in total. The predicted molar refractivity (Wildman–Crippen MR) is 82.0 cm³/mol. The van der Waals surface area contributed by atoms with Crippen LogP contribution >= 0.6 is 11.3 Å². The number of hydrogen-bond acceptors (Lipinski definition) is 4. The second-order valence-corrected chi connectivity index (χ2v) is 7.02. The van der Waals surface area contributed by atoms with Gasteiger partial charge in [-0.05, 0) is 30.4 Å². The van der Waals surface area contributed by atoms with E-state index < -0.39 is 17.5 Å². The minimum Gasteiger partial charge on any atom is -0.481 e. The number of urea groups is 1. The molecule has 1 aromatic rings. The largest absolute Gasteiger partial charge is 0.481 e. The first-order valence-corrected chi connectivity index (χ1v) is 8.34. The average molecular weight is 324 g/mol. The van der Waals surface area contributed by atoms with Gasteiger partial charge in [-0.2, -0.15) is 0 Å². The number of hydrogen-bond donors (Lipinski definition) is 2. The zero-order chi connectivity index (χ0) is 15.7. The molecule has 2 aliphatic heterocycles. The monoisotopic (exact) mass is 324 g/mol. The van der Waals surface area contributed by atoms with Gasteiger partial charge in [0, 0.05) is 24.4 Å². The predicted octanol–water partition coefficient (Wildman–Crippen LogP) is 1.65. The Labute approximate surface area is 133 Å². The fourth-order valence-corrected chi connectivity index (χ4v) is 4.08. The Bertz CT molecular complexity index is 588. The maximum atomic E-state index is 12.2. The van der Waals surface area contributed by atoms with Crippen LogP contribution in [0.3, 0.4) is 0 Å². The van der Waals surface area contributed by atoms with Crippen molar-refractivity contribution in [2.45, 2.75) is 25.4 Å². The lowest BCUT2D eigenvalue weighted by Gasteiger charge is -2.35. The van der Waals surface area contributed by atoms with Crippen LogP contribution in [0.5, 0.6) is 0 Å². The first kappa shape index (κ1) is 15.3. The lowest BCUT2D eigenvalue weighted by atomic mass is 9.93. The molecule has 0 radical (unpaired) electrons. The minimum atomic E-state index is -0.833. The summed E-state index contributed by atoms with van der Waals surface area (Å²) in [6.45, 7) is 3.81. The molecule has 2 unspecified atom stereocenters. The van der Waals surface area contributed by atoms with E-state index in [0.717, 1.165) is 12.0 Å². The molecule has 0 spiro atoms. The van der Waals surface area contributed by atoms with Crippen LogP contribution in [0.4, 0.5) is 4.79 Å². The smallest absolute Gasteiger partial charge is 0.317 e. The Morgan fingerprint density at radius 2 is 2.41 bits per heavy atom. The summed E-state index contributed by atoms with van der Waals surface area (Å²) in [6, 6.07) is 1.85. The number of carboxylic acids is 1. The summed E-state index contributed by atoms with van der Waals surface area (Å²) in [5.74, 6) is -1.28. The summed E-state index contributed by atoms with van der Waals surface area (Å²) in [6.07, 6.45) is 1.44. The Balaban J connectivity index is 1.59. The van der Waals surface area contributed by atoms with E-state index in [9.17, 15) is 9.59 Å². The molecule has 2 aliphatic rings. The van der Waals surface area contributed by atoms with Crippen molar-refractivity contribution < 1.29 is 19.4 Å². The highest BCUT2D eigenvalue weighted by molar-refractivity contribution is 7.10. The molecule has 0 aromatic carbocycles. The van der Waals surface area contributed by atoms with Gasteiger partial charge in [0.2, 0.25) is 0 Å². The maximum absolute atomic E-state index is 12.2. The normalized spacial score (nSPS) is 27.5. The lowest BCUT2D eigenvalue weighted by molar-refractivity contribution is -0.141. The Hall–Kier alpha value is -1.60. The molecule has 2 N–H and O–H groups in total. The Morgan fingerprint density at radius 3 is 3.14 bits per heavy atom. The average Bonchev–Trinajstić information content (AvgIpc) is 3.14. The van der Waals surface area contributed by atoms with E-state index in [0.29, 0.717) is 26.1 Å². The molecule has 22 heavy (non-hydrogen) atoms. The van der Waals surface area contributed by atoms with Crippen LogP contribution in [0.2, 0.25) is 0 Å². The molecular weight excluding hydrogens is 304 g/mol. The highest BCUT2D eigenvalue weighted by Crippen LogP contribution is 2.35. The van der Waals surface area contributed by atoms with E-state index in [4.69, 9.17) is 9.84 Å². The number of amides is 2. The number of aliphatic carboxylic acids is 1. The van der Waals surface area contributed by atoms with Crippen LogP contribution < -0.4 is 5.32 Å². The van der Waals surface area contributed by atoms with Gasteiger partial charge in [0.15, 0.2) is 0 Å². The van der Waals surface area contributed by atoms with Crippen LogP contribution in [0.15, 0.2) is 11.4 Å². The fourth-order valence-electron chi connectivity index (χ4n) is 3.10. The van der Waals surface area contributed by atoms with Crippen molar-refractivity contribution in [1.29, 1.82) is 0 Å². The fraction of sp³-hybridized carbons (Fsp3) is 0.600. The molecule has 2 atom stereocenters. The molecule has 1 aromatic heterocycles. The summed E-state index contributed by atoms with van der Waals surface area (Å²) < 4.78 is 5.90. The van der Waals surface area contributed by atoms with Crippen molar-refractivity contribution in [3.63, 3.8) is 0 Å². The number of nitrogens with one attached hydrogen (secondary N) is 1. The quantitative estimate of drug-likeness (QED) is 0.886. The Kier molecular flexibility index (Phi) is 4.10. The minimum absolute atomic E-state index is 0.212. The third-order valence-electron chi connectivity index (χ3n) is 4.47. The molecule has 2 amide bonds. The van der Waals surface area contributed by atoms with E-state index in [-0.39, 0.29) is 12.6 Å². The third-order valence-corrected chi connectivity index (χ3v) is 5.45. The summed E-state index contributed by atoms with van der Waals surface area (Å²) in [5.41, 5.74) is 0.642. The number of thiophene rings is 1. The van der Waals surface area contributed by atoms with Gasteiger partial charge >= 0.3 is 12.0 Å². The summed E-state index contributed by atoms with van der Waals surface area (Å²) in [5, 5.41) is 13.9. The number of nitrogens with zero attached hydrogens (tertiary/aromatic N) is 1. The second-order valence-electron chi connectivity index (χ2n) is 6.02. The number of rotatable bonds is 3. The van der Waals surface area contributed by atoms with Gasteiger partial charge in [0.05, 0.1) is 19.1 Å². The van der Waals surface area contributed by atoms with Gasteiger partial charge in [0.1, 0.15) is 5.60 Å². The number of carboxylic acid groups (broad SMARTS) is 1. The third kappa shape index (κ3) is 2.83. The standard InChI is InChI=1S/C15H20N2O4S/c1-15(11-4-7-22-12(11)3-6-21-15)9-16-14(20)17-5-2-10(8-17)13(18)19/h4,7,10H,2-3,5-6,8-9H2,1H3,(H,16,20)(H,18,19). The van der Waals surface area contributed by atoms with Gasteiger partial charge < -0.3 is 20.1 Å². The number of fused-ring (bicyclic) bond motifs is 1. The van der Waals surface area contributed by atoms with Gasteiger partial charge in [-0.1, -0.05) is 0 Å². The molecule has 1 fully saturated rings. The Morgan fingerprint density at radius 1 is 1.59 bits per heavy atom. The van der Waals surface area contributed by atoms with Crippen LogP contribution in [-0.4, -0.2) is 48.2 Å². The molecule has 0 bridgehead atoms. The van der Waals surface area contributed by atoms with Crippen LogP contribution in [0.1, 0.15) is 23.8 Å².